The predicted molar refractivity (Wildman–Crippen MR) is 164 cm³/mol. The van der Waals surface area contributed by atoms with Crippen LogP contribution in [-0.4, -0.2) is 35.6 Å². The number of hydrogen-bond donors (Lipinski definition) is 2. The molecule has 0 aromatic heterocycles. The number of rotatable bonds is 5. The lowest BCUT2D eigenvalue weighted by Crippen LogP contribution is -2.59. The summed E-state index contributed by atoms with van der Waals surface area (Å²) in [5.74, 6) is -3.44. The Kier molecular flexibility index (Phi) is 6.69. The fourth-order valence-electron chi connectivity index (χ4n) is 8.04. The molecule has 3 aromatic rings. The molecule has 1 heterocycles. The van der Waals surface area contributed by atoms with Crippen LogP contribution >= 0.6 is 0 Å². The van der Waals surface area contributed by atoms with Crippen molar-refractivity contribution in [3.05, 3.63) is 119 Å². The number of ketones is 2. The molecule has 3 aliphatic carbocycles. The second kappa shape index (κ2) is 10.6. The molecule has 0 spiro atoms. The molecule has 7 heteroatoms. The average molecular weight is 586 g/mol. The first-order valence-electron chi connectivity index (χ1n) is 14.9. The zero-order chi connectivity index (χ0) is 30.6. The summed E-state index contributed by atoms with van der Waals surface area (Å²) in [6, 6.07) is 23.6. The molecule has 44 heavy (non-hydrogen) atoms. The Balaban J connectivity index is 1.46. The van der Waals surface area contributed by atoms with Gasteiger partial charge in [-0.1, -0.05) is 90.5 Å². The van der Waals surface area contributed by atoms with E-state index in [0.29, 0.717) is 23.3 Å². The topological polar surface area (TPSA) is 110 Å². The summed E-state index contributed by atoms with van der Waals surface area (Å²) in [6.45, 7) is 0. The first-order valence-corrected chi connectivity index (χ1v) is 14.9. The number of ether oxygens (including phenoxy) is 1. The molecule has 220 valence electrons. The Morgan fingerprint density at radius 1 is 0.909 bits per heavy atom. The Labute approximate surface area is 254 Å². The summed E-state index contributed by atoms with van der Waals surface area (Å²) in [7, 11) is 1.48. The van der Waals surface area contributed by atoms with Crippen molar-refractivity contribution in [3.8, 4) is 11.5 Å². The maximum atomic E-state index is 14.8. The number of benzene rings is 3. The highest BCUT2D eigenvalue weighted by Gasteiger charge is 2.64. The van der Waals surface area contributed by atoms with Gasteiger partial charge in [-0.15, -0.1) is 0 Å². The molecular weight excluding hydrogens is 554 g/mol. The molecule has 1 aliphatic heterocycles. The lowest BCUT2D eigenvalue weighted by molar-refractivity contribution is -0.135. The molecule has 2 amide bonds. The largest absolute Gasteiger partial charge is 0.504 e. The number of methoxy groups -OCH3 is 1. The molecule has 6 atom stereocenters. The minimum absolute atomic E-state index is 0.00720. The second-order valence-electron chi connectivity index (χ2n) is 12.0. The normalized spacial score (nSPS) is 29.3. The second-order valence-corrected chi connectivity index (χ2v) is 12.0. The third-order valence-electron chi connectivity index (χ3n) is 9.96. The third-order valence-corrected chi connectivity index (χ3v) is 9.96. The van der Waals surface area contributed by atoms with Crippen LogP contribution in [0.1, 0.15) is 29.5 Å². The number of allylic oxidation sites excluding steroid dienone is 5. The highest BCUT2D eigenvalue weighted by atomic mass is 16.5. The number of Topliss-reactive ketones (excluding diaryl/α,β-unsaturated/α-hetero) is 1. The number of aromatic hydroxyl groups is 1. The summed E-state index contributed by atoms with van der Waals surface area (Å²) in [6.07, 6.45) is 8.00. The van der Waals surface area contributed by atoms with Crippen molar-refractivity contribution >= 4 is 35.0 Å². The van der Waals surface area contributed by atoms with Gasteiger partial charge in [0.15, 0.2) is 23.1 Å². The van der Waals surface area contributed by atoms with Gasteiger partial charge in [0.25, 0.3) is 0 Å². The lowest BCUT2D eigenvalue weighted by Gasteiger charge is -2.54. The molecule has 6 unspecified atom stereocenters. The fraction of sp³-hybridized carbons (Fsp3) is 0.243. The van der Waals surface area contributed by atoms with Gasteiger partial charge in [0.1, 0.15) is 0 Å². The lowest BCUT2D eigenvalue weighted by atomic mass is 9.45. The number of imide groups is 1. The number of carbonyl (C=O) groups excluding carboxylic acids is 4. The van der Waals surface area contributed by atoms with Crippen molar-refractivity contribution in [1.29, 1.82) is 0 Å². The number of amides is 2. The van der Waals surface area contributed by atoms with Gasteiger partial charge < -0.3 is 9.84 Å². The van der Waals surface area contributed by atoms with Crippen LogP contribution in [0.4, 0.5) is 0 Å². The molecule has 0 radical (unpaired) electrons. The fourth-order valence-corrected chi connectivity index (χ4v) is 8.04. The van der Waals surface area contributed by atoms with Crippen LogP contribution in [0.25, 0.3) is 11.6 Å². The third kappa shape index (κ3) is 4.10. The van der Waals surface area contributed by atoms with E-state index >= 15 is 0 Å². The highest BCUT2D eigenvalue weighted by Crippen LogP contribution is 2.60. The van der Waals surface area contributed by atoms with Gasteiger partial charge in [0, 0.05) is 17.4 Å². The van der Waals surface area contributed by atoms with Gasteiger partial charge in [-0.3, -0.25) is 24.5 Å². The van der Waals surface area contributed by atoms with Gasteiger partial charge >= 0.3 is 0 Å². The zero-order valence-corrected chi connectivity index (χ0v) is 24.1. The number of nitrogens with one attached hydrogen (secondary N) is 1. The standard InChI is InChI=1S/C37H31NO6/c1-44-31-18-21(13-17-30(31)39)12-16-28-24-14-15-25-33(36(43)38-35(25)42)27(24)19-29-34(41)26(22-8-4-2-5-9-22)20-32(40)37(28,29)23-10-6-3-7-11-23/h2-14,16-18,20,25,27-29,33,39H,15,19H2,1H3,(H,38,42,43). The maximum absolute atomic E-state index is 14.8. The Hall–Kier alpha value is -5.04. The smallest absolute Gasteiger partial charge is 0.231 e. The minimum atomic E-state index is -1.26. The van der Waals surface area contributed by atoms with Crippen LogP contribution in [0.3, 0.4) is 0 Å². The van der Waals surface area contributed by atoms with E-state index in [1.807, 2.05) is 78.9 Å². The van der Waals surface area contributed by atoms with Gasteiger partial charge in [-0.05, 0) is 53.7 Å². The molecule has 7 rings (SSSR count). The van der Waals surface area contributed by atoms with Crippen LogP contribution in [0.15, 0.2) is 103 Å². The summed E-state index contributed by atoms with van der Waals surface area (Å²) in [4.78, 5) is 55.4. The van der Waals surface area contributed by atoms with Crippen LogP contribution in [-0.2, 0) is 24.6 Å². The van der Waals surface area contributed by atoms with Crippen LogP contribution in [0, 0.1) is 29.6 Å². The zero-order valence-electron chi connectivity index (χ0n) is 24.1. The molecule has 0 bridgehead atoms. The van der Waals surface area contributed by atoms with Crippen LogP contribution in [0.2, 0.25) is 0 Å². The van der Waals surface area contributed by atoms with Crippen molar-refractivity contribution < 1.29 is 29.0 Å². The van der Waals surface area contributed by atoms with E-state index in [0.717, 1.165) is 16.7 Å². The summed E-state index contributed by atoms with van der Waals surface area (Å²) < 4.78 is 5.31. The SMILES string of the molecule is COc1cc(C=CC2C3=CCC4C(=O)NC(=O)C4C3CC3C(=O)C(c4ccccc4)=CC(=O)C23c2ccccc2)ccc1O. The Morgan fingerprint density at radius 2 is 1.64 bits per heavy atom. The highest BCUT2D eigenvalue weighted by molar-refractivity contribution is 6.31. The molecule has 2 N–H and O–H groups in total. The van der Waals surface area contributed by atoms with Crippen molar-refractivity contribution in [2.45, 2.75) is 18.3 Å². The Bertz CT molecular complexity index is 1790. The van der Waals surface area contributed by atoms with E-state index in [1.54, 1.807) is 18.2 Å². The van der Waals surface area contributed by atoms with Gasteiger partial charge in [-0.2, -0.15) is 0 Å². The molecular formula is C37H31NO6. The van der Waals surface area contributed by atoms with Crippen molar-refractivity contribution in [1.82, 2.24) is 5.32 Å². The molecule has 7 nitrogen and oxygen atoms in total. The van der Waals surface area contributed by atoms with Crippen LogP contribution in [0.5, 0.6) is 11.5 Å². The number of hydrogen-bond acceptors (Lipinski definition) is 6. The van der Waals surface area contributed by atoms with E-state index in [9.17, 15) is 24.3 Å². The number of phenols is 1. The average Bonchev–Trinajstić information content (AvgIpc) is 3.35. The first kappa shape index (κ1) is 27.8. The quantitative estimate of drug-likeness (QED) is 0.320. The number of fused-ring (bicyclic) bond motifs is 4. The van der Waals surface area contributed by atoms with E-state index in [4.69, 9.17) is 4.74 Å². The van der Waals surface area contributed by atoms with Gasteiger partial charge in [0.05, 0.1) is 24.4 Å². The molecule has 3 aromatic carbocycles. The van der Waals surface area contributed by atoms with Crippen molar-refractivity contribution in [2.75, 3.05) is 7.11 Å². The van der Waals surface area contributed by atoms with Crippen LogP contribution < -0.4 is 10.1 Å². The van der Waals surface area contributed by atoms with E-state index in [-0.39, 0.29) is 35.6 Å². The molecule has 2 fully saturated rings. The summed E-state index contributed by atoms with van der Waals surface area (Å²) >= 11 is 0. The molecule has 1 saturated carbocycles. The van der Waals surface area contributed by atoms with Gasteiger partial charge in [-0.25, -0.2) is 0 Å². The van der Waals surface area contributed by atoms with E-state index < -0.39 is 35.0 Å². The monoisotopic (exact) mass is 585 g/mol. The van der Waals surface area contributed by atoms with Crippen molar-refractivity contribution in [3.63, 3.8) is 0 Å². The number of phenolic OH excluding ortho intramolecular Hbond substituents is 1. The maximum Gasteiger partial charge on any atom is 0.231 e. The van der Waals surface area contributed by atoms with E-state index in [2.05, 4.69) is 5.32 Å². The molecule has 4 aliphatic rings. The summed E-state index contributed by atoms with van der Waals surface area (Å²) in [5.41, 5.74) is 2.15. The minimum Gasteiger partial charge on any atom is -0.504 e. The first-order chi connectivity index (χ1) is 21.3. The Morgan fingerprint density at radius 3 is 2.36 bits per heavy atom. The van der Waals surface area contributed by atoms with Crippen molar-refractivity contribution in [2.24, 2.45) is 29.6 Å². The summed E-state index contributed by atoms with van der Waals surface area (Å²) in [5, 5.41) is 12.7. The van der Waals surface area contributed by atoms with E-state index in [1.165, 1.54) is 13.2 Å². The predicted octanol–water partition coefficient (Wildman–Crippen LogP) is 5.06. The molecule has 1 saturated heterocycles. The van der Waals surface area contributed by atoms with Gasteiger partial charge in [0.2, 0.25) is 11.8 Å². The number of carbonyl (C=O) groups is 4.